The molecule has 0 radical (unpaired) electrons. The smallest absolute Gasteiger partial charge is 0.407 e. The van der Waals surface area contributed by atoms with Crippen molar-refractivity contribution in [2.24, 2.45) is 17.8 Å². The zero-order valence-electron chi connectivity index (χ0n) is 55.8. The van der Waals surface area contributed by atoms with E-state index in [1.165, 1.54) is 39.5 Å². The number of imide groups is 1. The molecule has 6 aliphatic rings. The minimum absolute atomic E-state index is 0.00442. The highest BCUT2D eigenvalue weighted by molar-refractivity contribution is 6.09. The third kappa shape index (κ3) is 32.4. The van der Waals surface area contributed by atoms with E-state index in [9.17, 15) is 57.5 Å². The van der Waals surface area contributed by atoms with Gasteiger partial charge in [-0.3, -0.25) is 57.6 Å². The van der Waals surface area contributed by atoms with Crippen LogP contribution < -0.4 is 5.32 Å². The molecule has 1 saturated heterocycles. The molecule has 1 aromatic rings. The maximum absolute atomic E-state index is 12.0. The van der Waals surface area contributed by atoms with Gasteiger partial charge in [-0.05, 0) is 153 Å². The normalized spacial score (nSPS) is 26.8. The first-order chi connectivity index (χ1) is 44.3. The zero-order valence-corrected chi connectivity index (χ0v) is 55.8. The minimum Gasteiger partial charge on any atom is -0.458 e. The van der Waals surface area contributed by atoms with Crippen molar-refractivity contribution >= 4 is 70.7 Å². The van der Waals surface area contributed by atoms with E-state index >= 15 is 0 Å². The van der Waals surface area contributed by atoms with Crippen LogP contribution in [0.5, 0.6) is 0 Å². The summed E-state index contributed by atoms with van der Waals surface area (Å²) in [7, 11) is 0. The average molecular weight is 1300 g/mol. The molecule has 7 rings (SSSR count). The molecule has 0 aromatic heterocycles. The lowest BCUT2D eigenvalue weighted by Crippen LogP contribution is -2.39. The maximum Gasteiger partial charge on any atom is 0.407 e. The Morgan fingerprint density at radius 1 is 0.516 bits per heavy atom. The first kappa shape index (κ1) is 78.1. The number of carbonyl (C=O) groups is 12. The third-order valence-electron chi connectivity index (χ3n) is 16.2. The third-order valence-corrected chi connectivity index (χ3v) is 16.2. The summed E-state index contributed by atoms with van der Waals surface area (Å²) in [5, 5.41) is 2.58. The lowest BCUT2D eigenvalue weighted by Gasteiger charge is -2.21. The van der Waals surface area contributed by atoms with Gasteiger partial charge in [0.15, 0.2) is 17.3 Å². The summed E-state index contributed by atoms with van der Waals surface area (Å²) >= 11 is 0. The Morgan fingerprint density at radius 3 is 1.37 bits per heavy atom. The number of likely N-dealkylation sites (tertiary alicyclic amines) is 1. The molecule has 1 aromatic carbocycles. The lowest BCUT2D eigenvalue weighted by atomic mass is 9.96. The van der Waals surface area contributed by atoms with Gasteiger partial charge in [-0.25, -0.2) is 4.79 Å². The minimum atomic E-state index is -0.562. The number of nitrogens with zero attached hydrogens (tertiary/aromatic N) is 1. The number of ketones is 5. The van der Waals surface area contributed by atoms with Gasteiger partial charge in [-0.1, -0.05) is 62.4 Å². The van der Waals surface area contributed by atoms with Crippen molar-refractivity contribution in [2.45, 2.75) is 246 Å². The second kappa shape index (κ2) is 42.8. The van der Waals surface area contributed by atoms with E-state index in [1.807, 2.05) is 72.9 Å². The molecule has 3 amide bonds. The summed E-state index contributed by atoms with van der Waals surface area (Å²) in [6.45, 7) is 13.4. The van der Waals surface area contributed by atoms with Gasteiger partial charge in [0.05, 0.1) is 30.8 Å². The molecule has 1 heterocycles. The van der Waals surface area contributed by atoms with Crippen molar-refractivity contribution in [2.75, 3.05) is 26.3 Å². The second-order valence-corrected chi connectivity index (χ2v) is 24.6. The Bertz CT molecular complexity index is 2770. The van der Waals surface area contributed by atoms with Crippen molar-refractivity contribution in [1.29, 1.82) is 0 Å². The number of benzene rings is 1. The molecule has 1 aliphatic heterocycles. The SMILES string of the molecule is CC(=O)COC1C/C=C/C(OC(C)=O)CCC1.CC(=O)OC1/C=C/CC(OC(=O)NCCN2C(=O)CC(C)C2=O)CCC1.CC(=O)OC1/C=C/CC(OCC(=O)CCCC2C(=O)CC(C)C2=O)CCC1.CC(=O)OC1/C=C/CC(OCc2ccc(C(C)=O)cc2)CCC1. The molecule has 2 fully saturated rings. The number of esters is 4. The lowest BCUT2D eigenvalue weighted by molar-refractivity contribution is -0.145. The Labute approximate surface area is 548 Å². The number of hydrogen-bond donors (Lipinski definition) is 1. The molecule has 1 saturated carbocycles. The van der Waals surface area contributed by atoms with Gasteiger partial charge in [0, 0.05) is 83.9 Å². The van der Waals surface area contributed by atoms with Crippen molar-refractivity contribution in [3.8, 4) is 0 Å². The van der Waals surface area contributed by atoms with Gasteiger partial charge >= 0.3 is 30.0 Å². The van der Waals surface area contributed by atoms with E-state index < -0.39 is 12.0 Å². The molecule has 0 spiro atoms. The van der Waals surface area contributed by atoms with Gasteiger partial charge in [0.25, 0.3) is 0 Å². The summed E-state index contributed by atoms with van der Waals surface area (Å²) in [6.07, 6.45) is 29.0. The molecule has 514 valence electrons. The maximum atomic E-state index is 12.0. The predicted molar refractivity (Wildman–Crippen MR) is 343 cm³/mol. The Kier molecular flexibility index (Phi) is 36.0. The summed E-state index contributed by atoms with van der Waals surface area (Å²) in [6, 6.07) is 7.55. The molecular weight excluding hydrogens is 1200 g/mol. The largest absolute Gasteiger partial charge is 0.458 e. The van der Waals surface area contributed by atoms with E-state index in [0.29, 0.717) is 58.0 Å². The number of Topliss-reactive ketones (excluding diaryl/α,β-unsaturated/α-hetero) is 5. The van der Waals surface area contributed by atoms with E-state index in [0.717, 1.165) is 88.2 Å². The Morgan fingerprint density at radius 2 is 0.957 bits per heavy atom. The summed E-state index contributed by atoms with van der Waals surface area (Å²) < 4.78 is 43.3. The van der Waals surface area contributed by atoms with Gasteiger partial charge in [-0.15, -0.1) is 0 Å². The predicted octanol–water partition coefficient (Wildman–Crippen LogP) is 10.4. The van der Waals surface area contributed by atoms with Crippen LogP contribution in [0.15, 0.2) is 72.9 Å². The average Bonchev–Trinajstić information content (AvgIpc) is 1.78. The number of alkyl carbamates (subject to hydrolysis) is 1. The fraction of sp³-hybridized carbons (Fsp3) is 0.634. The van der Waals surface area contributed by atoms with Crippen LogP contribution in [0.4, 0.5) is 4.79 Å². The standard InChI is InChI=1S/C21H30O6.C19H24O4.C18H26N2O6.C13H20O4/c1-14-12-20(24)19(21(14)25)11-3-6-16(23)13-26-17-7-4-9-18(10-5-8-17)27-15(2)22;1-14(20)17-11-9-16(10-12-17)13-22-18-5-3-7-19(8-4-6-18)23-15(2)21;1-12-11-16(22)20(17(12)23)10-9-19-18(24)26-15-7-3-5-14(6-4-8-15)25-13(2)21;1-10(14)9-16-12-5-3-7-13(8-4-6-12)17-11(2)15/h4,9,14,17-19H,3,5-8,10-13H2,1-2H3;3,7,9-12,18-19H,4-6,8,13H2,1-2H3;3,5,12,14-15H,4,6-11H2,1-2H3,(H,19,24);3,7,12-13H,4-6,8-9H2,1-2H3/b9-4+;7-3+;5-3+;7-3+. The number of nitrogens with one attached hydrogen (secondary N) is 1. The van der Waals surface area contributed by atoms with Crippen molar-refractivity contribution in [1.82, 2.24) is 10.2 Å². The molecule has 11 atom stereocenters. The summed E-state index contributed by atoms with van der Waals surface area (Å²) in [4.78, 5) is 138. The van der Waals surface area contributed by atoms with Crippen LogP contribution in [0.25, 0.3) is 0 Å². The van der Waals surface area contributed by atoms with Crippen LogP contribution in [0.3, 0.4) is 0 Å². The van der Waals surface area contributed by atoms with Gasteiger partial charge in [0.2, 0.25) is 11.8 Å². The van der Waals surface area contributed by atoms with Crippen molar-refractivity contribution in [3.63, 3.8) is 0 Å². The second-order valence-electron chi connectivity index (χ2n) is 24.6. The highest BCUT2D eigenvalue weighted by Crippen LogP contribution is 2.28. The molecular formula is C71H100N2O20. The molecule has 93 heavy (non-hydrogen) atoms. The summed E-state index contributed by atoms with van der Waals surface area (Å²) in [5.41, 5.74) is 1.79. The molecule has 1 N–H and O–H groups in total. The monoisotopic (exact) mass is 1300 g/mol. The highest BCUT2D eigenvalue weighted by Gasteiger charge is 2.38. The van der Waals surface area contributed by atoms with Crippen molar-refractivity contribution in [3.05, 3.63) is 84.0 Å². The highest BCUT2D eigenvalue weighted by atomic mass is 16.6. The number of rotatable bonds is 22. The van der Waals surface area contributed by atoms with Crippen LogP contribution >= 0.6 is 0 Å². The zero-order chi connectivity index (χ0) is 68.2. The van der Waals surface area contributed by atoms with E-state index in [2.05, 4.69) is 5.32 Å². The Hall–Kier alpha value is -7.30. The van der Waals surface area contributed by atoms with E-state index in [1.54, 1.807) is 20.8 Å². The molecule has 11 unspecified atom stereocenters. The van der Waals surface area contributed by atoms with Gasteiger partial charge < -0.3 is 43.2 Å². The van der Waals surface area contributed by atoms with Crippen molar-refractivity contribution < 1.29 is 95.4 Å². The molecule has 22 heteroatoms. The first-order valence-corrected chi connectivity index (χ1v) is 33.0. The first-order valence-electron chi connectivity index (χ1n) is 33.0. The van der Waals surface area contributed by atoms with Crippen LogP contribution in [0.2, 0.25) is 0 Å². The van der Waals surface area contributed by atoms with Crippen LogP contribution in [-0.2, 0) is 92.4 Å². The van der Waals surface area contributed by atoms with Gasteiger partial charge in [0.1, 0.15) is 55.3 Å². The molecule has 0 bridgehead atoms. The molecule has 5 aliphatic carbocycles. The fourth-order valence-electron chi connectivity index (χ4n) is 11.3. The van der Waals surface area contributed by atoms with Crippen LogP contribution in [-0.4, -0.2) is 151 Å². The quantitative estimate of drug-likeness (QED) is 0.0282. The number of amides is 3. The molecule has 22 nitrogen and oxygen atoms in total. The van der Waals surface area contributed by atoms with E-state index in [-0.39, 0.29) is 158 Å². The number of hydrogen-bond acceptors (Lipinski definition) is 20. The van der Waals surface area contributed by atoms with Gasteiger partial charge in [-0.2, -0.15) is 0 Å². The van der Waals surface area contributed by atoms with E-state index in [4.69, 9.17) is 37.9 Å². The topological polar surface area (TPSA) is 294 Å². The van der Waals surface area contributed by atoms with Crippen LogP contribution in [0.1, 0.15) is 206 Å². The Balaban J connectivity index is 0.000000268. The fourth-order valence-corrected chi connectivity index (χ4v) is 11.3. The number of carbonyl (C=O) groups excluding carboxylic acids is 12. The van der Waals surface area contributed by atoms with Crippen LogP contribution in [0, 0.1) is 17.8 Å². The summed E-state index contributed by atoms with van der Waals surface area (Å²) in [5.74, 6) is -2.26. The number of ether oxygens (including phenoxy) is 8.